The van der Waals surface area contributed by atoms with Gasteiger partial charge in [0.1, 0.15) is 18.7 Å². The van der Waals surface area contributed by atoms with E-state index in [1.54, 1.807) is 24.7 Å². The van der Waals surface area contributed by atoms with Crippen LogP contribution in [0.4, 0.5) is 0 Å². The smallest absolute Gasteiger partial charge is 0.244 e. The van der Waals surface area contributed by atoms with Crippen LogP contribution in [0.3, 0.4) is 0 Å². The van der Waals surface area contributed by atoms with Crippen LogP contribution >= 0.6 is 12.1 Å². The quantitative estimate of drug-likeness (QED) is 0.630. The average molecular weight is 181 g/mol. The fraction of sp³-hybridized carbons (Fsp3) is 0.143. The highest BCUT2D eigenvalue weighted by Gasteiger charge is 2.01. The van der Waals surface area contributed by atoms with Gasteiger partial charge in [-0.25, -0.2) is 13.5 Å². The third-order valence-corrected chi connectivity index (χ3v) is 2.22. The average Bonchev–Trinajstić information content (AvgIpc) is 2.63. The number of rotatable bonds is 2. The number of imidazole rings is 2. The predicted molar refractivity (Wildman–Crippen MR) is 46.2 cm³/mol. The first kappa shape index (κ1) is 7.42. The summed E-state index contributed by atoms with van der Waals surface area (Å²) >= 11 is 1.57. The van der Waals surface area contributed by atoms with Crippen LogP contribution in [0.1, 0.15) is 0 Å². The van der Waals surface area contributed by atoms with Gasteiger partial charge in [0.25, 0.3) is 6.33 Å². The summed E-state index contributed by atoms with van der Waals surface area (Å²) in [6.45, 7) is 0. The van der Waals surface area contributed by atoms with E-state index in [0.717, 1.165) is 0 Å². The molecule has 0 spiro atoms. The molecule has 0 radical (unpaired) electrons. The molecule has 2 heterocycles. The molecule has 2 aromatic rings. The van der Waals surface area contributed by atoms with E-state index in [2.05, 4.69) is 4.98 Å². The topological polar surface area (TPSA) is 26.6 Å². The fourth-order valence-electron chi connectivity index (χ4n) is 0.880. The van der Waals surface area contributed by atoms with Crippen molar-refractivity contribution in [2.45, 2.75) is 0 Å². The molecule has 0 aliphatic carbocycles. The summed E-state index contributed by atoms with van der Waals surface area (Å²) in [5.74, 6) is 0. The van der Waals surface area contributed by atoms with Crippen LogP contribution in [0.5, 0.6) is 0 Å². The highest BCUT2D eigenvalue weighted by atomic mass is 32.2. The molecule has 0 unspecified atom stereocenters. The molecular weight excluding hydrogens is 172 g/mol. The van der Waals surface area contributed by atoms with Gasteiger partial charge < -0.3 is 0 Å². The Kier molecular flexibility index (Phi) is 1.87. The molecular formula is C7H9N4S+. The first-order chi connectivity index (χ1) is 5.84. The Bertz CT molecular complexity index is 351. The number of hydrogen-bond acceptors (Lipinski definition) is 2. The normalized spacial score (nSPS) is 10.4. The van der Waals surface area contributed by atoms with Crippen molar-refractivity contribution in [3.63, 3.8) is 0 Å². The lowest BCUT2D eigenvalue weighted by Gasteiger charge is -1.91. The molecule has 0 saturated heterocycles. The Hall–Kier alpha value is -1.23. The molecule has 2 rings (SSSR count). The predicted octanol–water partition coefficient (Wildman–Crippen LogP) is 0.469. The van der Waals surface area contributed by atoms with E-state index in [4.69, 9.17) is 0 Å². The van der Waals surface area contributed by atoms with Gasteiger partial charge in [-0.3, -0.25) is 0 Å². The van der Waals surface area contributed by atoms with Crippen LogP contribution in [-0.2, 0) is 7.05 Å². The Morgan fingerprint density at radius 1 is 1.33 bits per heavy atom. The molecule has 0 bridgehead atoms. The fourth-order valence-corrected chi connectivity index (χ4v) is 1.60. The molecule has 4 nitrogen and oxygen atoms in total. The van der Waals surface area contributed by atoms with Gasteiger partial charge in [0.05, 0.1) is 7.05 Å². The zero-order valence-corrected chi connectivity index (χ0v) is 7.48. The lowest BCUT2D eigenvalue weighted by atomic mass is 10.9. The minimum atomic E-state index is 1.57. The number of aromatic nitrogens is 4. The summed E-state index contributed by atoms with van der Waals surface area (Å²) < 4.78 is 5.92. The van der Waals surface area contributed by atoms with Crippen molar-refractivity contribution in [2.75, 3.05) is 0 Å². The van der Waals surface area contributed by atoms with Gasteiger partial charge in [0, 0.05) is 12.4 Å². The van der Waals surface area contributed by atoms with Crippen LogP contribution in [0.25, 0.3) is 0 Å². The van der Waals surface area contributed by atoms with Crippen molar-refractivity contribution in [1.29, 1.82) is 0 Å². The standard InChI is InChI=1S/C7H9N4S/c1-9-4-5-11(7-9)12-10-3-2-8-6-10/h2-7H,1H3/q+1. The Morgan fingerprint density at radius 2 is 2.25 bits per heavy atom. The summed E-state index contributed by atoms with van der Waals surface area (Å²) in [6, 6.07) is 0. The van der Waals surface area contributed by atoms with E-state index in [9.17, 15) is 0 Å². The molecule has 0 fully saturated rings. The van der Waals surface area contributed by atoms with E-state index < -0.39 is 0 Å². The van der Waals surface area contributed by atoms with Crippen LogP contribution in [0.2, 0.25) is 0 Å². The van der Waals surface area contributed by atoms with Crippen molar-refractivity contribution in [3.05, 3.63) is 37.4 Å². The largest absolute Gasteiger partial charge is 0.256 e. The molecule has 12 heavy (non-hydrogen) atoms. The first-order valence-electron chi connectivity index (χ1n) is 3.54. The van der Waals surface area contributed by atoms with Crippen LogP contribution in [0, 0.1) is 0 Å². The Balaban J connectivity index is 2.14. The van der Waals surface area contributed by atoms with Gasteiger partial charge >= 0.3 is 0 Å². The zero-order chi connectivity index (χ0) is 8.39. The van der Waals surface area contributed by atoms with Gasteiger partial charge in [-0.2, -0.15) is 3.97 Å². The molecule has 62 valence electrons. The third kappa shape index (κ3) is 1.50. The van der Waals surface area contributed by atoms with Crippen molar-refractivity contribution in [1.82, 2.24) is 12.9 Å². The first-order valence-corrected chi connectivity index (χ1v) is 4.27. The third-order valence-electron chi connectivity index (χ3n) is 1.41. The molecule has 0 atom stereocenters. The molecule has 0 aliphatic rings. The summed E-state index contributed by atoms with van der Waals surface area (Å²) in [5.41, 5.74) is 0. The summed E-state index contributed by atoms with van der Waals surface area (Å²) in [7, 11) is 1.99. The maximum Gasteiger partial charge on any atom is 0.256 e. The molecule has 0 amide bonds. The van der Waals surface area contributed by atoms with E-state index in [1.165, 1.54) is 0 Å². The van der Waals surface area contributed by atoms with Crippen molar-refractivity contribution >= 4 is 12.1 Å². The maximum atomic E-state index is 3.95. The van der Waals surface area contributed by atoms with Gasteiger partial charge in [-0.1, -0.05) is 0 Å². The summed E-state index contributed by atoms with van der Waals surface area (Å²) in [6.07, 6.45) is 11.4. The van der Waals surface area contributed by atoms with E-state index >= 15 is 0 Å². The summed E-state index contributed by atoms with van der Waals surface area (Å²) in [5, 5.41) is 0. The van der Waals surface area contributed by atoms with Gasteiger partial charge in [-0.05, 0) is 0 Å². The number of hydrogen-bond donors (Lipinski definition) is 0. The Morgan fingerprint density at radius 3 is 2.83 bits per heavy atom. The molecule has 0 N–H and O–H groups in total. The summed E-state index contributed by atoms with van der Waals surface area (Å²) in [4.78, 5) is 3.95. The maximum absolute atomic E-state index is 3.95. The second-order valence-corrected chi connectivity index (χ2v) is 3.45. The lowest BCUT2D eigenvalue weighted by molar-refractivity contribution is -0.670. The zero-order valence-electron chi connectivity index (χ0n) is 6.66. The SMILES string of the molecule is C[n+]1ccn(Sn2ccnc2)c1. The minimum Gasteiger partial charge on any atom is -0.244 e. The second kappa shape index (κ2) is 3.02. The molecule has 0 aliphatic heterocycles. The van der Waals surface area contributed by atoms with Crippen molar-refractivity contribution in [3.8, 4) is 0 Å². The molecule has 5 heteroatoms. The highest BCUT2D eigenvalue weighted by Crippen LogP contribution is 2.06. The van der Waals surface area contributed by atoms with Gasteiger partial charge in [0.2, 0.25) is 0 Å². The van der Waals surface area contributed by atoms with Crippen LogP contribution in [0.15, 0.2) is 37.4 Å². The Labute approximate surface area is 74.7 Å². The van der Waals surface area contributed by atoms with E-state index in [0.29, 0.717) is 0 Å². The van der Waals surface area contributed by atoms with Crippen LogP contribution in [-0.4, -0.2) is 12.9 Å². The lowest BCUT2D eigenvalue weighted by Crippen LogP contribution is -2.23. The van der Waals surface area contributed by atoms with E-state index in [-0.39, 0.29) is 0 Å². The molecule has 0 saturated carbocycles. The van der Waals surface area contributed by atoms with Gasteiger partial charge in [-0.15, -0.1) is 0 Å². The van der Waals surface area contributed by atoms with Gasteiger partial charge in [0.15, 0.2) is 12.1 Å². The molecule has 0 aromatic carbocycles. The number of nitrogens with zero attached hydrogens (tertiary/aromatic N) is 4. The monoisotopic (exact) mass is 181 g/mol. The van der Waals surface area contributed by atoms with Crippen LogP contribution < -0.4 is 4.57 Å². The highest BCUT2D eigenvalue weighted by molar-refractivity contribution is 7.96. The molecule has 2 aromatic heterocycles. The second-order valence-electron chi connectivity index (χ2n) is 2.44. The number of aryl methyl sites for hydroxylation is 1. The van der Waals surface area contributed by atoms with E-state index in [1.807, 2.05) is 44.5 Å². The van der Waals surface area contributed by atoms with Crippen molar-refractivity contribution in [2.24, 2.45) is 7.05 Å². The minimum absolute atomic E-state index is 1.57. The van der Waals surface area contributed by atoms with Crippen molar-refractivity contribution < 1.29 is 4.57 Å².